The van der Waals surface area contributed by atoms with Crippen molar-refractivity contribution in [3.8, 4) is 17.0 Å². The van der Waals surface area contributed by atoms with Crippen molar-refractivity contribution in [3.63, 3.8) is 0 Å². The van der Waals surface area contributed by atoms with Crippen LogP contribution in [0.25, 0.3) is 11.3 Å². The molecule has 1 aromatic heterocycles. The van der Waals surface area contributed by atoms with E-state index in [4.69, 9.17) is 4.74 Å². The Bertz CT molecular complexity index is 606. The van der Waals surface area contributed by atoms with Gasteiger partial charge in [0.2, 0.25) is 5.91 Å². The van der Waals surface area contributed by atoms with Gasteiger partial charge in [0.15, 0.2) is 5.13 Å². The van der Waals surface area contributed by atoms with Gasteiger partial charge in [0.1, 0.15) is 5.75 Å². The highest BCUT2D eigenvalue weighted by atomic mass is 32.1. The Hall–Kier alpha value is -1.92. The SMILES string of the molecule is CCN(CC)CC(=O)Nc1nc(-c2ccc(OC)cc2)cs1. The number of aromatic nitrogens is 1. The van der Waals surface area contributed by atoms with Gasteiger partial charge in [-0.1, -0.05) is 13.8 Å². The number of ether oxygens (including phenoxy) is 1. The molecule has 1 aromatic carbocycles. The second kappa shape index (κ2) is 7.91. The minimum absolute atomic E-state index is 0.0284. The van der Waals surface area contributed by atoms with Crippen LogP contribution in [0.2, 0.25) is 0 Å². The molecule has 118 valence electrons. The molecule has 22 heavy (non-hydrogen) atoms. The summed E-state index contributed by atoms with van der Waals surface area (Å²) in [4.78, 5) is 18.5. The van der Waals surface area contributed by atoms with Crippen molar-refractivity contribution in [1.82, 2.24) is 9.88 Å². The highest BCUT2D eigenvalue weighted by molar-refractivity contribution is 7.14. The molecule has 0 aliphatic carbocycles. The van der Waals surface area contributed by atoms with Gasteiger partial charge >= 0.3 is 0 Å². The Morgan fingerprint density at radius 2 is 1.95 bits per heavy atom. The number of anilines is 1. The van der Waals surface area contributed by atoms with Gasteiger partial charge in [0.05, 0.1) is 19.3 Å². The summed E-state index contributed by atoms with van der Waals surface area (Å²) in [5, 5.41) is 5.42. The maximum absolute atomic E-state index is 12.0. The number of nitrogens with zero attached hydrogens (tertiary/aromatic N) is 2. The molecule has 0 unspecified atom stereocenters. The van der Waals surface area contributed by atoms with E-state index >= 15 is 0 Å². The lowest BCUT2D eigenvalue weighted by Gasteiger charge is -2.16. The van der Waals surface area contributed by atoms with E-state index in [0.29, 0.717) is 11.7 Å². The number of carbonyl (C=O) groups is 1. The topological polar surface area (TPSA) is 54.5 Å². The van der Waals surface area contributed by atoms with Gasteiger partial charge in [-0.25, -0.2) is 4.98 Å². The predicted molar refractivity (Wildman–Crippen MR) is 90.5 cm³/mol. The average molecular weight is 319 g/mol. The molecule has 0 atom stereocenters. The van der Waals surface area contributed by atoms with Crippen molar-refractivity contribution in [2.24, 2.45) is 0 Å². The van der Waals surface area contributed by atoms with Crippen molar-refractivity contribution in [1.29, 1.82) is 0 Å². The van der Waals surface area contributed by atoms with E-state index in [0.717, 1.165) is 30.1 Å². The van der Waals surface area contributed by atoms with Crippen molar-refractivity contribution in [2.45, 2.75) is 13.8 Å². The van der Waals surface area contributed by atoms with Gasteiger partial charge in [-0.15, -0.1) is 11.3 Å². The summed E-state index contributed by atoms with van der Waals surface area (Å²) in [5.41, 5.74) is 1.85. The number of carbonyl (C=O) groups excluding carboxylic acids is 1. The van der Waals surface area contributed by atoms with Crippen LogP contribution in [0.3, 0.4) is 0 Å². The van der Waals surface area contributed by atoms with E-state index in [1.54, 1.807) is 7.11 Å². The summed E-state index contributed by atoms with van der Waals surface area (Å²) in [6.45, 7) is 6.20. The zero-order valence-electron chi connectivity index (χ0n) is 13.1. The number of likely N-dealkylation sites (N-methyl/N-ethyl adjacent to an activating group) is 1. The Balaban J connectivity index is 2.00. The lowest BCUT2D eigenvalue weighted by molar-refractivity contribution is -0.117. The smallest absolute Gasteiger partial charge is 0.240 e. The van der Waals surface area contributed by atoms with Gasteiger partial charge in [-0.3, -0.25) is 9.69 Å². The number of benzene rings is 1. The fraction of sp³-hybridized carbons (Fsp3) is 0.375. The molecule has 0 saturated carbocycles. The molecular weight excluding hydrogens is 298 g/mol. The van der Waals surface area contributed by atoms with E-state index in [1.165, 1.54) is 11.3 Å². The number of methoxy groups -OCH3 is 1. The summed E-state index contributed by atoms with van der Waals surface area (Å²) in [7, 11) is 1.64. The monoisotopic (exact) mass is 319 g/mol. The average Bonchev–Trinajstić information content (AvgIpc) is 3.01. The molecule has 0 fully saturated rings. The maximum Gasteiger partial charge on any atom is 0.240 e. The van der Waals surface area contributed by atoms with E-state index in [-0.39, 0.29) is 5.91 Å². The van der Waals surface area contributed by atoms with E-state index in [1.807, 2.05) is 43.5 Å². The van der Waals surface area contributed by atoms with Gasteiger partial charge in [-0.2, -0.15) is 0 Å². The highest BCUT2D eigenvalue weighted by Crippen LogP contribution is 2.26. The van der Waals surface area contributed by atoms with Crippen LogP contribution in [0.5, 0.6) is 5.75 Å². The van der Waals surface area contributed by atoms with E-state index in [2.05, 4.69) is 15.2 Å². The summed E-state index contributed by atoms with van der Waals surface area (Å²) < 4.78 is 5.14. The molecule has 0 radical (unpaired) electrons. The molecule has 5 nitrogen and oxygen atoms in total. The Labute approximate surface area is 134 Å². The lowest BCUT2D eigenvalue weighted by atomic mass is 10.2. The van der Waals surface area contributed by atoms with Crippen molar-refractivity contribution in [2.75, 3.05) is 32.1 Å². The second-order valence-corrected chi connectivity index (χ2v) is 5.63. The van der Waals surface area contributed by atoms with Gasteiger partial charge < -0.3 is 10.1 Å². The van der Waals surface area contributed by atoms with E-state index in [9.17, 15) is 4.79 Å². The van der Waals surface area contributed by atoms with E-state index < -0.39 is 0 Å². The number of hydrogen-bond donors (Lipinski definition) is 1. The van der Waals surface area contributed by atoms with Crippen molar-refractivity contribution in [3.05, 3.63) is 29.6 Å². The molecule has 0 aliphatic heterocycles. The quantitative estimate of drug-likeness (QED) is 0.852. The molecule has 0 saturated heterocycles. The van der Waals surface area contributed by atoms with Crippen LogP contribution in [0.15, 0.2) is 29.6 Å². The van der Waals surface area contributed by atoms with Crippen molar-refractivity contribution < 1.29 is 9.53 Å². The normalized spacial score (nSPS) is 10.7. The largest absolute Gasteiger partial charge is 0.497 e. The molecule has 0 bridgehead atoms. The first-order chi connectivity index (χ1) is 10.7. The zero-order valence-corrected chi connectivity index (χ0v) is 13.9. The van der Waals surface area contributed by atoms with Gasteiger partial charge in [0.25, 0.3) is 0 Å². The number of thiazole rings is 1. The standard InChI is InChI=1S/C16H21N3O2S/c1-4-19(5-2)10-15(20)18-16-17-14(11-22-16)12-6-8-13(21-3)9-7-12/h6-9,11H,4-5,10H2,1-3H3,(H,17,18,20). The Morgan fingerprint density at radius 1 is 1.27 bits per heavy atom. The maximum atomic E-state index is 12.0. The zero-order chi connectivity index (χ0) is 15.9. The molecule has 6 heteroatoms. The third-order valence-corrected chi connectivity index (χ3v) is 4.16. The number of nitrogens with one attached hydrogen (secondary N) is 1. The van der Waals surface area contributed by atoms with Crippen molar-refractivity contribution >= 4 is 22.4 Å². The fourth-order valence-electron chi connectivity index (χ4n) is 2.03. The minimum atomic E-state index is -0.0284. The minimum Gasteiger partial charge on any atom is -0.497 e. The summed E-state index contributed by atoms with van der Waals surface area (Å²) in [5.74, 6) is 0.783. The third-order valence-electron chi connectivity index (χ3n) is 3.40. The summed E-state index contributed by atoms with van der Waals surface area (Å²) in [6.07, 6.45) is 0. The second-order valence-electron chi connectivity index (χ2n) is 4.78. The van der Waals surface area contributed by atoms with Crippen LogP contribution >= 0.6 is 11.3 Å². The molecule has 2 aromatic rings. The predicted octanol–water partition coefficient (Wildman–Crippen LogP) is 3.10. The first-order valence-corrected chi connectivity index (χ1v) is 8.16. The third kappa shape index (κ3) is 4.29. The van der Waals surface area contributed by atoms with Crippen LogP contribution in [0.4, 0.5) is 5.13 Å². The molecule has 0 aliphatic rings. The van der Waals surface area contributed by atoms with Gasteiger partial charge in [-0.05, 0) is 37.4 Å². The van der Waals surface area contributed by atoms with Crippen LogP contribution in [-0.4, -0.2) is 42.5 Å². The Morgan fingerprint density at radius 3 is 2.55 bits per heavy atom. The lowest BCUT2D eigenvalue weighted by Crippen LogP contribution is -2.32. The number of amides is 1. The first kappa shape index (κ1) is 16.5. The fourth-order valence-corrected chi connectivity index (χ4v) is 2.77. The molecular formula is C16H21N3O2S. The van der Waals surface area contributed by atoms with Crippen LogP contribution in [0, 0.1) is 0 Å². The molecule has 1 N–H and O–H groups in total. The highest BCUT2D eigenvalue weighted by Gasteiger charge is 2.10. The van der Waals surface area contributed by atoms with Crippen LogP contribution < -0.4 is 10.1 Å². The number of rotatable bonds is 7. The first-order valence-electron chi connectivity index (χ1n) is 7.28. The summed E-state index contributed by atoms with van der Waals surface area (Å²) >= 11 is 1.43. The van der Waals surface area contributed by atoms with Crippen LogP contribution in [0.1, 0.15) is 13.8 Å². The molecule has 0 spiro atoms. The number of hydrogen-bond acceptors (Lipinski definition) is 5. The van der Waals surface area contributed by atoms with Crippen LogP contribution in [-0.2, 0) is 4.79 Å². The van der Waals surface area contributed by atoms with Gasteiger partial charge in [0, 0.05) is 10.9 Å². The summed E-state index contributed by atoms with van der Waals surface area (Å²) in [6, 6.07) is 7.70. The molecule has 1 heterocycles. The molecule has 2 rings (SSSR count). The Kier molecular flexibility index (Phi) is 5.91. The molecule has 1 amide bonds.